The van der Waals surface area contributed by atoms with Crippen molar-refractivity contribution in [2.24, 2.45) is 7.05 Å². The molecule has 2 aromatic rings. The van der Waals surface area contributed by atoms with Gasteiger partial charge in [0.25, 0.3) is 0 Å². The lowest BCUT2D eigenvalue weighted by atomic mass is 9.95. The maximum Gasteiger partial charge on any atom is 0.175 e. The van der Waals surface area contributed by atoms with Crippen molar-refractivity contribution in [3.63, 3.8) is 0 Å². The molecule has 0 radical (unpaired) electrons. The van der Waals surface area contributed by atoms with Crippen molar-refractivity contribution in [2.75, 3.05) is 6.54 Å². The van der Waals surface area contributed by atoms with Crippen LogP contribution < -0.4 is 5.32 Å². The maximum absolute atomic E-state index is 4.28. The first kappa shape index (κ1) is 15.1. The minimum Gasteiger partial charge on any atom is -0.314 e. The summed E-state index contributed by atoms with van der Waals surface area (Å²) in [7, 11) is 1.79. The third kappa shape index (κ3) is 4.38. The Morgan fingerprint density at radius 1 is 1.25 bits per heavy atom. The Bertz CT molecular complexity index is 535. The average molecular weight is 338 g/mol. The summed E-state index contributed by atoms with van der Waals surface area (Å²) in [4.78, 5) is 1.50. The molecule has 6 heteroatoms. The number of aromatic nitrogens is 4. The molecule has 1 atom stereocenters. The molecule has 1 heterocycles. The summed E-state index contributed by atoms with van der Waals surface area (Å²) < 4.78 is 1.09. The van der Waals surface area contributed by atoms with E-state index in [2.05, 4.69) is 74.8 Å². The van der Waals surface area contributed by atoms with E-state index in [-0.39, 0.29) is 0 Å². The van der Waals surface area contributed by atoms with Crippen molar-refractivity contribution >= 4 is 15.9 Å². The van der Waals surface area contributed by atoms with Gasteiger partial charge in [0.15, 0.2) is 5.82 Å². The Labute approximate surface area is 127 Å². The van der Waals surface area contributed by atoms with Crippen LogP contribution in [0, 0.1) is 0 Å². The van der Waals surface area contributed by atoms with Gasteiger partial charge < -0.3 is 5.32 Å². The first-order chi connectivity index (χ1) is 9.54. The number of nitrogens with zero attached hydrogens (tertiary/aromatic N) is 4. The van der Waals surface area contributed by atoms with Crippen molar-refractivity contribution in [3.05, 3.63) is 40.1 Å². The largest absolute Gasteiger partial charge is 0.314 e. The number of nitrogens with one attached hydrogen (secondary N) is 1. The predicted molar refractivity (Wildman–Crippen MR) is 82.5 cm³/mol. The van der Waals surface area contributed by atoms with E-state index in [1.165, 1.54) is 10.4 Å². The fourth-order valence-corrected chi connectivity index (χ4v) is 2.31. The minimum absolute atomic E-state index is 0.342. The molecule has 2 rings (SSSR count). The summed E-state index contributed by atoms with van der Waals surface area (Å²) in [5, 5.41) is 15.8. The molecule has 108 valence electrons. The van der Waals surface area contributed by atoms with Crippen LogP contribution in [0.25, 0.3) is 0 Å². The third-order valence-corrected chi connectivity index (χ3v) is 3.62. The second-order valence-electron chi connectivity index (χ2n) is 5.21. The van der Waals surface area contributed by atoms with Crippen molar-refractivity contribution in [3.8, 4) is 0 Å². The van der Waals surface area contributed by atoms with E-state index in [0.717, 1.165) is 23.3 Å². The number of hydrogen-bond donors (Lipinski definition) is 1. The normalized spacial score (nSPS) is 12.8. The zero-order chi connectivity index (χ0) is 14.5. The lowest BCUT2D eigenvalue weighted by Crippen LogP contribution is -2.29. The first-order valence-electron chi connectivity index (χ1n) is 6.76. The molecule has 0 aliphatic rings. The van der Waals surface area contributed by atoms with Crippen LogP contribution in [0.5, 0.6) is 0 Å². The summed E-state index contributed by atoms with van der Waals surface area (Å²) in [5.41, 5.74) is 1.29. The molecule has 0 aliphatic heterocycles. The van der Waals surface area contributed by atoms with E-state index in [4.69, 9.17) is 0 Å². The second kappa shape index (κ2) is 6.95. The molecule has 0 aliphatic carbocycles. The molecule has 0 saturated carbocycles. The van der Waals surface area contributed by atoms with Crippen LogP contribution in [0.4, 0.5) is 0 Å². The quantitative estimate of drug-likeness (QED) is 0.878. The second-order valence-corrected chi connectivity index (χ2v) is 6.13. The summed E-state index contributed by atoms with van der Waals surface area (Å²) in [6.07, 6.45) is 0.787. The van der Waals surface area contributed by atoms with Gasteiger partial charge in [0.2, 0.25) is 0 Å². The van der Waals surface area contributed by atoms with Gasteiger partial charge in [-0.3, -0.25) is 0 Å². The SMILES string of the molecule is CC(C)NCC(Cc1nnn(C)n1)c1ccc(Br)cc1. The fraction of sp³-hybridized carbons (Fsp3) is 0.500. The highest BCUT2D eigenvalue weighted by Crippen LogP contribution is 2.21. The smallest absolute Gasteiger partial charge is 0.175 e. The summed E-state index contributed by atoms with van der Waals surface area (Å²) >= 11 is 3.47. The predicted octanol–water partition coefficient (Wildman–Crippen LogP) is 2.30. The van der Waals surface area contributed by atoms with Crippen LogP contribution in [0.1, 0.15) is 31.2 Å². The summed E-state index contributed by atoms with van der Waals surface area (Å²) in [5.74, 6) is 1.13. The molecule has 0 saturated heterocycles. The molecule has 20 heavy (non-hydrogen) atoms. The van der Waals surface area contributed by atoms with Gasteiger partial charge in [-0.15, -0.1) is 10.2 Å². The van der Waals surface area contributed by atoms with Gasteiger partial charge in [-0.1, -0.05) is 41.9 Å². The molecule has 1 aromatic carbocycles. The zero-order valence-corrected chi connectivity index (χ0v) is 13.6. The lowest BCUT2D eigenvalue weighted by molar-refractivity contribution is 0.519. The van der Waals surface area contributed by atoms with E-state index in [1.54, 1.807) is 7.05 Å². The van der Waals surface area contributed by atoms with Gasteiger partial charge in [0, 0.05) is 29.4 Å². The van der Waals surface area contributed by atoms with Crippen LogP contribution in [0.15, 0.2) is 28.7 Å². The molecular formula is C14H20BrN5. The number of aryl methyl sites for hydroxylation is 1. The Morgan fingerprint density at radius 3 is 2.50 bits per heavy atom. The van der Waals surface area contributed by atoms with Crippen molar-refractivity contribution in [2.45, 2.75) is 32.2 Å². The highest BCUT2D eigenvalue weighted by molar-refractivity contribution is 9.10. The van der Waals surface area contributed by atoms with Crippen LogP contribution >= 0.6 is 15.9 Å². The number of hydrogen-bond acceptors (Lipinski definition) is 4. The van der Waals surface area contributed by atoms with Gasteiger partial charge in [0.1, 0.15) is 0 Å². The van der Waals surface area contributed by atoms with Crippen LogP contribution in [0.3, 0.4) is 0 Å². The minimum atomic E-state index is 0.342. The van der Waals surface area contributed by atoms with E-state index in [1.807, 2.05) is 0 Å². The summed E-state index contributed by atoms with van der Waals surface area (Å²) in [6.45, 7) is 5.20. The van der Waals surface area contributed by atoms with E-state index < -0.39 is 0 Å². The molecule has 0 fully saturated rings. The topological polar surface area (TPSA) is 55.6 Å². The average Bonchev–Trinajstić information content (AvgIpc) is 2.81. The molecule has 0 spiro atoms. The molecule has 1 N–H and O–H groups in total. The summed E-state index contributed by atoms with van der Waals surface area (Å²) in [6, 6.07) is 8.90. The van der Waals surface area contributed by atoms with Crippen LogP contribution in [-0.2, 0) is 13.5 Å². The number of tetrazole rings is 1. The van der Waals surface area contributed by atoms with Crippen molar-refractivity contribution in [1.29, 1.82) is 0 Å². The number of rotatable bonds is 6. The highest BCUT2D eigenvalue weighted by atomic mass is 79.9. The number of halogens is 1. The van der Waals surface area contributed by atoms with Crippen LogP contribution in [-0.4, -0.2) is 32.8 Å². The molecule has 0 bridgehead atoms. The van der Waals surface area contributed by atoms with Gasteiger partial charge in [-0.05, 0) is 22.9 Å². The van der Waals surface area contributed by atoms with Crippen molar-refractivity contribution < 1.29 is 0 Å². The van der Waals surface area contributed by atoms with Gasteiger partial charge in [-0.25, -0.2) is 0 Å². The van der Waals surface area contributed by atoms with E-state index in [0.29, 0.717) is 12.0 Å². The van der Waals surface area contributed by atoms with E-state index in [9.17, 15) is 0 Å². The molecule has 0 amide bonds. The monoisotopic (exact) mass is 337 g/mol. The fourth-order valence-electron chi connectivity index (χ4n) is 2.05. The molecule has 1 unspecified atom stereocenters. The molecular weight excluding hydrogens is 318 g/mol. The van der Waals surface area contributed by atoms with Gasteiger partial charge >= 0.3 is 0 Å². The highest BCUT2D eigenvalue weighted by Gasteiger charge is 2.15. The zero-order valence-electron chi connectivity index (χ0n) is 12.0. The maximum atomic E-state index is 4.28. The van der Waals surface area contributed by atoms with Crippen LogP contribution in [0.2, 0.25) is 0 Å². The Morgan fingerprint density at radius 2 is 1.95 bits per heavy atom. The number of benzene rings is 1. The van der Waals surface area contributed by atoms with Gasteiger partial charge in [0.05, 0.1) is 7.05 Å². The van der Waals surface area contributed by atoms with E-state index >= 15 is 0 Å². The van der Waals surface area contributed by atoms with Gasteiger partial charge in [-0.2, -0.15) is 4.80 Å². The Kier molecular flexibility index (Phi) is 5.25. The Hall–Kier alpha value is -1.27. The lowest BCUT2D eigenvalue weighted by Gasteiger charge is -2.18. The Balaban J connectivity index is 2.13. The molecule has 1 aromatic heterocycles. The molecule has 5 nitrogen and oxygen atoms in total. The van der Waals surface area contributed by atoms with Crippen molar-refractivity contribution in [1.82, 2.24) is 25.5 Å². The first-order valence-corrected chi connectivity index (χ1v) is 7.55. The third-order valence-electron chi connectivity index (χ3n) is 3.09. The standard InChI is InChI=1S/C14H20BrN5/c1-10(2)16-9-12(8-14-17-19-20(3)18-14)11-4-6-13(15)7-5-11/h4-7,10,12,16H,8-9H2,1-3H3.